The number of esters is 1. The maximum Gasteiger partial charge on any atom is 0.459 e. The summed E-state index contributed by atoms with van der Waals surface area (Å²) in [5.41, 5.74) is 6.14. The molecular formula is C30H41N6O9P. The second-order valence-corrected chi connectivity index (χ2v) is 13.6. The van der Waals surface area contributed by atoms with Crippen molar-refractivity contribution in [2.45, 2.75) is 65.7 Å². The van der Waals surface area contributed by atoms with E-state index in [1.165, 1.54) is 31.9 Å². The number of nitrogen functional groups attached to an aromatic ring is 1. The van der Waals surface area contributed by atoms with Gasteiger partial charge < -0.3 is 34.7 Å². The number of carbonyl (C=O) groups excluding carboxylic acids is 1. The third kappa shape index (κ3) is 9.12. The van der Waals surface area contributed by atoms with Gasteiger partial charge in [-0.3, -0.25) is 13.9 Å². The summed E-state index contributed by atoms with van der Waals surface area (Å²) in [6.07, 6.45) is -2.57. The second kappa shape index (κ2) is 14.7. The molecule has 0 radical (unpaired) electrons. The first-order valence-corrected chi connectivity index (χ1v) is 16.1. The summed E-state index contributed by atoms with van der Waals surface area (Å²) < 4.78 is 43.9. The van der Waals surface area contributed by atoms with Gasteiger partial charge in [-0.05, 0) is 42.2 Å². The van der Waals surface area contributed by atoms with Gasteiger partial charge in [-0.1, -0.05) is 51.1 Å². The third-order valence-electron chi connectivity index (χ3n) is 6.65. The monoisotopic (exact) mass is 660 g/mol. The van der Waals surface area contributed by atoms with Gasteiger partial charge in [-0.25, -0.2) is 9.55 Å². The van der Waals surface area contributed by atoms with Crippen LogP contribution in [0.3, 0.4) is 0 Å². The molecule has 4 rings (SSSR count). The lowest BCUT2D eigenvalue weighted by atomic mass is 9.99. The van der Waals surface area contributed by atoms with Crippen LogP contribution in [0.5, 0.6) is 11.6 Å². The Labute approximate surface area is 266 Å². The molecule has 16 heteroatoms. The maximum atomic E-state index is 14.2. The van der Waals surface area contributed by atoms with E-state index in [-0.39, 0.29) is 36.3 Å². The fourth-order valence-electron chi connectivity index (χ4n) is 4.23. The smallest absolute Gasteiger partial charge is 0.459 e. The highest BCUT2D eigenvalue weighted by molar-refractivity contribution is 7.52. The van der Waals surface area contributed by atoms with Crippen molar-refractivity contribution in [1.82, 2.24) is 24.6 Å². The lowest BCUT2D eigenvalue weighted by Gasteiger charge is -2.28. The highest BCUT2D eigenvalue weighted by Crippen LogP contribution is 2.46. The third-order valence-corrected chi connectivity index (χ3v) is 8.30. The first kappa shape index (κ1) is 35.0. The van der Waals surface area contributed by atoms with Crippen LogP contribution in [0.1, 0.15) is 34.6 Å². The number of benzene rings is 2. The van der Waals surface area contributed by atoms with Crippen LogP contribution in [0.25, 0.3) is 21.9 Å². The lowest BCUT2D eigenvalue weighted by molar-refractivity contribution is -0.148. The number of ether oxygens (including phenoxy) is 3. The zero-order chi connectivity index (χ0) is 33.6. The molecule has 4 aromatic rings. The molecule has 0 spiro atoms. The summed E-state index contributed by atoms with van der Waals surface area (Å²) in [5, 5.41) is 25.4. The predicted molar refractivity (Wildman–Crippen MR) is 170 cm³/mol. The average molecular weight is 661 g/mol. The molecule has 2 aromatic carbocycles. The number of aliphatic hydroxyl groups excluding tert-OH is 2. The Hall–Kier alpha value is -3.85. The van der Waals surface area contributed by atoms with E-state index in [0.717, 1.165) is 10.8 Å². The Morgan fingerprint density at radius 3 is 2.50 bits per heavy atom. The van der Waals surface area contributed by atoms with Gasteiger partial charge in [0.15, 0.2) is 11.2 Å². The van der Waals surface area contributed by atoms with Crippen molar-refractivity contribution in [3.05, 3.63) is 48.8 Å². The molecule has 0 fully saturated rings. The minimum absolute atomic E-state index is 0.0528. The van der Waals surface area contributed by atoms with Crippen molar-refractivity contribution in [1.29, 1.82) is 0 Å². The minimum Gasteiger partial charge on any atom is -0.479 e. The molecule has 0 bridgehead atoms. The first-order valence-electron chi connectivity index (χ1n) is 14.6. The number of aromatic nitrogens is 4. The molecule has 0 aliphatic carbocycles. The number of nitrogens with one attached hydrogen (secondary N) is 1. The summed E-state index contributed by atoms with van der Waals surface area (Å²) in [7, 11) is -2.94. The van der Waals surface area contributed by atoms with Gasteiger partial charge in [0, 0.05) is 0 Å². The number of aliphatic hydroxyl groups is 2. The van der Waals surface area contributed by atoms with Crippen molar-refractivity contribution < 1.29 is 42.8 Å². The number of carbonyl (C=O) groups is 1. The van der Waals surface area contributed by atoms with Gasteiger partial charge in [0.25, 0.3) is 0 Å². The van der Waals surface area contributed by atoms with Crippen molar-refractivity contribution in [2.75, 3.05) is 26.1 Å². The highest BCUT2D eigenvalue weighted by atomic mass is 31.2. The molecule has 15 nitrogen and oxygen atoms in total. The van der Waals surface area contributed by atoms with Crippen LogP contribution in [-0.2, 0) is 30.1 Å². The van der Waals surface area contributed by atoms with Crippen molar-refractivity contribution in [2.24, 2.45) is 5.41 Å². The van der Waals surface area contributed by atoms with Crippen molar-refractivity contribution in [3.63, 3.8) is 0 Å². The largest absolute Gasteiger partial charge is 0.479 e. The maximum absolute atomic E-state index is 14.2. The molecule has 250 valence electrons. The van der Waals surface area contributed by atoms with Crippen LogP contribution >= 0.6 is 7.75 Å². The molecule has 0 saturated heterocycles. The molecule has 46 heavy (non-hydrogen) atoms. The Bertz CT molecular complexity index is 1690. The van der Waals surface area contributed by atoms with Crippen molar-refractivity contribution in [3.8, 4) is 11.6 Å². The molecular weight excluding hydrogens is 619 g/mol. The number of hydrogen-bond donors (Lipinski definition) is 4. The van der Waals surface area contributed by atoms with E-state index in [2.05, 4.69) is 20.0 Å². The first-order chi connectivity index (χ1) is 21.7. The lowest BCUT2D eigenvalue weighted by Crippen LogP contribution is -2.42. The summed E-state index contributed by atoms with van der Waals surface area (Å²) in [5.74, 6) is -0.350. The topological polar surface area (TPSA) is 202 Å². The Morgan fingerprint density at radius 2 is 1.83 bits per heavy atom. The van der Waals surface area contributed by atoms with Gasteiger partial charge in [0.1, 0.15) is 30.7 Å². The summed E-state index contributed by atoms with van der Waals surface area (Å²) in [4.78, 5) is 25.2. The van der Waals surface area contributed by atoms with Gasteiger partial charge >= 0.3 is 13.7 Å². The Kier molecular flexibility index (Phi) is 11.2. The quantitative estimate of drug-likeness (QED) is 0.107. The molecule has 2 aromatic heterocycles. The molecule has 2 heterocycles. The van der Waals surface area contributed by atoms with Gasteiger partial charge in [-0.15, -0.1) is 0 Å². The van der Waals surface area contributed by atoms with Gasteiger partial charge in [0.05, 0.1) is 32.8 Å². The van der Waals surface area contributed by atoms with Crippen molar-refractivity contribution >= 4 is 41.6 Å². The summed E-state index contributed by atoms with van der Waals surface area (Å²) >= 11 is 0. The minimum atomic E-state index is -4.35. The Balaban J connectivity index is 1.56. The SMILES string of the molecule is COc1nc(N)nc2c1ncn2CO[C@H](COP(=O)(N[C@H](C)C(=O)OCC(C)(C)C)Oc1ccc2ccccc2c1)[C@@H](O)C(C)O. The van der Waals surface area contributed by atoms with Crippen LogP contribution in [-0.4, -0.2) is 80.4 Å². The van der Waals surface area contributed by atoms with E-state index < -0.39 is 44.7 Å². The fourth-order valence-corrected chi connectivity index (χ4v) is 5.72. The highest BCUT2D eigenvalue weighted by Gasteiger charge is 2.36. The average Bonchev–Trinajstić information content (AvgIpc) is 3.41. The molecule has 0 aliphatic rings. The molecule has 0 aliphatic heterocycles. The number of hydrogen-bond acceptors (Lipinski definition) is 13. The summed E-state index contributed by atoms with van der Waals surface area (Å²) in [6.45, 7) is 7.94. The van der Waals surface area contributed by atoms with E-state index >= 15 is 0 Å². The molecule has 5 N–H and O–H groups in total. The molecule has 2 unspecified atom stereocenters. The molecule has 0 saturated carbocycles. The van der Waals surface area contributed by atoms with E-state index in [9.17, 15) is 19.6 Å². The number of nitrogens with two attached hydrogens (primary N) is 1. The number of nitrogens with zero attached hydrogens (tertiary/aromatic N) is 4. The van der Waals surface area contributed by atoms with Crippen LogP contribution in [0.2, 0.25) is 0 Å². The van der Waals surface area contributed by atoms with E-state index in [4.69, 9.17) is 29.0 Å². The number of methoxy groups -OCH3 is 1. The normalized spacial score (nSPS) is 16.0. The number of anilines is 1. The predicted octanol–water partition coefficient (Wildman–Crippen LogP) is 3.43. The molecule has 0 amide bonds. The van der Waals surface area contributed by atoms with E-state index in [1.807, 2.05) is 45.0 Å². The van der Waals surface area contributed by atoms with E-state index in [1.54, 1.807) is 18.2 Å². The van der Waals surface area contributed by atoms with Gasteiger partial charge in [-0.2, -0.15) is 15.1 Å². The van der Waals surface area contributed by atoms with E-state index in [0.29, 0.717) is 11.2 Å². The standard InChI is InChI=1S/C30H41N6O9P/c1-18(28(39)42-15-30(3,4)5)35-46(40,45-22-12-11-20-9-7-8-10-21(20)13-22)44-14-23(25(38)19(2)37)43-17-36-16-32-24-26(36)33-29(31)34-27(24)41-6/h7-13,16,18-19,23,25,37-38H,14-15,17H2,1-6H3,(H,35,40)(H2,31,33,34)/t18-,19?,23-,25+,46?/m1/s1. The van der Waals surface area contributed by atoms with Crippen LogP contribution in [0.4, 0.5) is 5.95 Å². The van der Waals surface area contributed by atoms with Crippen LogP contribution in [0.15, 0.2) is 48.8 Å². The Morgan fingerprint density at radius 1 is 1.11 bits per heavy atom. The zero-order valence-corrected chi connectivity index (χ0v) is 27.5. The number of rotatable bonds is 15. The van der Waals surface area contributed by atoms with Crippen LogP contribution in [0, 0.1) is 5.41 Å². The zero-order valence-electron chi connectivity index (χ0n) is 26.6. The van der Waals surface area contributed by atoms with Gasteiger partial charge in [0.2, 0.25) is 11.8 Å². The summed E-state index contributed by atoms with van der Waals surface area (Å²) in [6, 6.07) is 11.5. The second-order valence-electron chi connectivity index (χ2n) is 12.0. The number of fused-ring (bicyclic) bond motifs is 2. The molecule has 5 atom stereocenters. The van der Waals surface area contributed by atoms with Crippen LogP contribution < -0.4 is 20.1 Å². The number of imidazole rings is 1. The fraction of sp³-hybridized carbons (Fsp3) is 0.467.